The highest BCUT2D eigenvalue weighted by Gasteiger charge is 2.25. The number of rotatable bonds is 9. The molecular weight excluding hydrogens is 476 g/mol. The number of amides is 2. The summed E-state index contributed by atoms with van der Waals surface area (Å²) in [6.07, 6.45) is 1.53. The zero-order valence-electron chi connectivity index (χ0n) is 20.2. The molecule has 0 spiro atoms. The summed E-state index contributed by atoms with van der Waals surface area (Å²) in [6.45, 7) is 0.950. The van der Waals surface area contributed by atoms with E-state index in [2.05, 4.69) is 10.5 Å². The zero-order valence-corrected chi connectivity index (χ0v) is 20.2. The molecule has 192 valence electrons. The van der Waals surface area contributed by atoms with Crippen LogP contribution in [-0.4, -0.2) is 56.7 Å². The normalized spacial score (nSPS) is 15.0. The van der Waals surface area contributed by atoms with Crippen molar-refractivity contribution in [2.75, 3.05) is 39.8 Å². The van der Waals surface area contributed by atoms with E-state index in [0.717, 1.165) is 18.9 Å². The van der Waals surface area contributed by atoms with Crippen molar-refractivity contribution in [3.05, 3.63) is 53.7 Å². The Kier molecular flexibility index (Phi) is 7.89. The second-order valence-corrected chi connectivity index (χ2v) is 8.17. The van der Waals surface area contributed by atoms with Gasteiger partial charge in [0.05, 0.1) is 39.7 Å². The summed E-state index contributed by atoms with van der Waals surface area (Å²) in [5, 5.41) is 6.60. The summed E-state index contributed by atoms with van der Waals surface area (Å²) in [5.41, 5.74) is 0.968. The number of halogens is 2. The van der Waals surface area contributed by atoms with Gasteiger partial charge in [-0.1, -0.05) is 5.16 Å². The maximum atomic E-state index is 14.1. The predicted molar refractivity (Wildman–Crippen MR) is 126 cm³/mol. The van der Waals surface area contributed by atoms with E-state index in [1.54, 1.807) is 18.2 Å². The van der Waals surface area contributed by atoms with Gasteiger partial charge < -0.3 is 33.7 Å². The minimum atomic E-state index is -0.869. The first-order valence-corrected chi connectivity index (χ1v) is 11.3. The summed E-state index contributed by atoms with van der Waals surface area (Å²) < 4.78 is 54.7. The molecule has 1 aliphatic heterocycles. The van der Waals surface area contributed by atoms with Crippen LogP contribution < -0.4 is 19.5 Å². The van der Waals surface area contributed by atoms with Gasteiger partial charge in [-0.05, 0) is 37.1 Å². The molecule has 0 saturated carbocycles. The molecule has 1 N–H and O–H groups in total. The standard InChI is InChI=1S/C25H27F2N3O6/c1-32-22-9-15(10-23(33-2)24(22)34-3)21-12-17(29-36-21)13-30(14-18-5-4-8-35-18)25(31)28-20-7-6-16(26)11-19(20)27/h6-7,9-12,18H,4-5,8,13-14H2,1-3H3,(H,28,31). The molecule has 1 saturated heterocycles. The smallest absolute Gasteiger partial charge is 0.322 e. The van der Waals surface area contributed by atoms with Gasteiger partial charge in [0.2, 0.25) is 5.75 Å². The molecule has 36 heavy (non-hydrogen) atoms. The third-order valence-corrected chi connectivity index (χ3v) is 5.77. The molecule has 11 heteroatoms. The van der Waals surface area contributed by atoms with E-state index in [9.17, 15) is 13.6 Å². The molecule has 0 bridgehead atoms. The molecule has 1 aliphatic rings. The monoisotopic (exact) mass is 503 g/mol. The molecular formula is C25H27F2N3O6. The first-order valence-electron chi connectivity index (χ1n) is 11.3. The quantitative estimate of drug-likeness (QED) is 0.446. The minimum absolute atomic E-state index is 0.0719. The average molecular weight is 504 g/mol. The topological polar surface area (TPSA) is 95.3 Å². The highest BCUT2D eigenvalue weighted by Crippen LogP contribution is 2.41. The lowest BCUT2D eigenvalue weighted by Crippen LogP contribution is -2.39. The van der Waals surface area contributed by atoms with Gasteiger partial charge in [0.15, 0.2) is 17.3 Å². The van der Waals surface area contributed by atoms with Crippen molar-refractivity contribution in [1.82, 2.24) is 10.1 Å². The van der Waals surface area contributed by atoms with E-state index >= 15 is 0 Å². The molecule has 2 aromatic carbocycles. The van der Waals surface area contributed by atoms with Crippen LogP contribution in [0.25, 0.3) is 11.3 Å². The zero-order chi connectivity index (χ0) is 25.7. The van der Waals surface area contributed by atoms with E-state index in [4.69, 9.17) is 23.5 Å². The highest BCUT2D eigenvalue weighted by molar-refractivity contribution is 5.89. The molecule has 0 aliphatic carbocycles. The van der Waals surface area contributed by atoms with Gasteiger partial charge >= 0.3 is 6.03 Å². The van der Waals surface area contributed by atoms with Crippen molar-refractivity contribution in [2.24, 2.45) is 0 Å². The molecule has 1 fully saturated rings. The number of carbonyl (C=O) groups excluding carboxylic acids is 1. The number of carbonyl (C=O) groups is 1. The number of urea groups is 1. The number of hydrogen-bond acceptors (Lipinski definition) is 7. The van der Waals surface area contributed by atoms with E-state index in [-0.39, 0.29) is 24.9 Å². The van der Waals surface area contributed by atoms with E-state index in [1.807, 2.05) is 0 Å². The minimum Gasteiger partial charge on any atom is -0.493 e. The highest BCUT2D eigenvalue weighted by atomic mass is 19.1. The van der Waals surface area contributed by atoms with Crippen molar-refractivity contribution >= 4 is 11.7 Å². The van der Waals surface area contributed by atoms with Gasteiger partial charge in [0, 0.05) is 30.8 Å². The van der Waals surface area contributed by atoms with Crippen LogP contribution in [0.1, 0.15) is 18.5 Å². The fraction of sp³-hybridized carbons (Fsp3) is 0.360. The van der Waals surface area contributed by atoms with Crippen molar-refractivity contribution in [3.63, 3.8) is 0 Å². The second-order valence-electron chi connectivity index (χ2n) is 8.17. The average Bonchev–Trinajstić information content (AvgIpc) is 3.56. The maximum absolute atomic E-state index is 14.1. The number of aromatic nitrogens is 1. The van der Waals surface area contributed by atoms with Crippen LogP contribution in [0.3, 0.4) is 0 Å². The fourth-order valence-electron chi connectivity index (χ4n) is 3.98. The van der Waals surface area contributed by atoms with Gasteiger partial charge in [-0.25, -0.2) is 13.6 Å². The number of nitrogens with zero attached hydrogens (tertiary/aromatic N) is 2. The summed E-state index contributed by atoms with van der Waals surface area (Å²) in [6, 6.07) is 7.51. The molecule has 2 amide bonds. The van der Waals surface area contributed by atoms with Crippen LogP contribution in [0.15, 0.2) is 40.9 Å². The van der Waals surface area contributed by atoms with Crippen LogP contribution in [0, 0.1) is 11.6 Å². The molecule has 1 atom stereocenters. The Hall–Kier alpha value is -3.86. The summed E-state index contributed by atoms with van der Waals surface area (Å²) >= 11 is 0. The Morgan fingerprint density at radius 3 is 2.47 bits per heavy atom. The van der Waals surface area contributed by atoms with Crippen LogP contribution in [0.4, 0.5) is 19.3 Å². The molecule has 0 radical (unpaired) electrons. The summed E-state index contributed by atoms with van der Waals surface area (Å²) in [5.74, 6) is 0.161. The van der Waals surface area contributed by atoms with Crippen LogP contribution in [0.5, 0.6) is 17.2 Å². The number of anilines is 1. The van der Waals surface area contributed by atoms with Gasteiger partial charge in [-0.15, -0.1) is 0 Å². The van der Waals surface area contributed by atoms with Crippen molar-refractivity contribution < 1.29 is 37.0 Å². The molecule has 1 aromatic heterocycles. The Morgan fingerprint density at radius 2 is 1.86 bits per heavy atom. The third-order valence-electron chi connectivity index (χ3n) is 5.77. The number of hydrogen-bond donors (Lipinski definition) is 1. The Bertz CT molecular complexity index is 1190. The van der Waals surface area contributed by atoms with Gasteiger partial charge in [-0.3, -0.25) is 0 Å². The fourth-order valence-corrected chi connectivity index (χ4v) is 3.98. The number of ether oxygens (including phenoxy) is 4. The summed E-state index contributed by atoms with van der Waals surface area (Å²) in [4.78, 5) is 14.5. The predicted octanol–water partition coefficient (Wildman–Crippen LogP) is 4.86. The lowest BCUT2D eigenvalue weighted by Gasteiger charge is -2.25. The van der Waals surface area contributed by atoms with Crippen LogP contribution in [0.2, 0.25) is 0 Å². The van der Waals surface area contributed by atoms with E-state index < -0.39 is 17.7 Å². The molecule has 2 heterocycles. The van der Waals surface area contributed by atoms with Gasteiger partial charge in [-0.2, -0.15) is 0 Å². The SMILES string of the molecule is COc1cc(-c2cc(CN(CC3CCCO3)C(=O)Nc3ccc(F)cc3F)no2)cc(OC)c1OC. The molecule has 9 nitrogen and oxygen atoms in total. The molecule has 3 aromatic rings. The lowest BCUT2D eigenvalue weighted by atomic mass is 10.1. The number of methoxy groups -OCH3 is 3. The van der Waals surface area contributed by atoms with Gasteiger partial charge in [0.25, 0.3) is 0 Å². The van der Waals surface area contributed by atoms with Crippen molar-refractivity contribution in [3.8, 4) is 28.6 Å². The van der Waals surface area contributed by atoms with Crippen LogP contribution >= 0.6 is 0 Å². The van der Waals surface area contributed by atoms with Crippen molar-refractivity contribution in [1.29, 1.82) is 0 Å². The number of nitrogens with one attached hydrogen (secondary N) is 1. The first kappa shape index (κ1) is 25.2. The third kappa shape index (κ3) is 5.68. The maximum Gasteiger partial charge on any atom is 0.322 e. The lowest BCUT2D eigenvalue weighted by molar-refractivity contribution is 0.0814. The van der Waals surface area contributed by atoms with Gasteiger partial charge in [0.1, 0.15) is 17.3 Å². The second kappa shape index (κ2) is 11.3. The van der Waals surface area contributed by atoms with E-state index in [1.165, 1.54) is 32.3 Å². The summed E-state index contributed by atoms with van der Waals surface area (Å²) in [7, 11) is 4.54. The van der Waals surface area contributed by atoms with Crippen molar-refractivity contribution in [2.45, 2.75) is 25.5 Å². The Labute approximate surface area is 206 Å². The Balaban J connectivity index is 1.56. The molecule has 4 rings (SSSR count). The first-order chi connectivity index (χ1) is 17.4. The van der Waals surface area contributed by atoms with E-state index in [0.29, 0.717) is 46.9 Å². The number of benzene rings is 2. The Morgan fingerprint density at radius 1 is 1.11 bits per heavy atom. The molecule has 1 unspecified atom stereocenters. The van der Waals surface area contributed by atoms with Crippen LogP contribution in [-0.2, 0) is 11.3 Å². The largest absolute Gasteiger partial charge is 0.493 e.